The van der Waals surface area contributed by atoms with Gasteiger partial charge >= 0.3 is 0 Å². The minimum Gasteiger partial charge on any atom is -0.469 e. The Kier molecular flexibility index (Phi) is 3.24. The lowest BCUT2D eigenvalue weighted by Gasteiger charge is -2.49. The Balaban J connectivity index is 1.76. The van der Waals surface area contributed by atoms with Crippen LogP contribution in [0.15, 0.2) is 22.8 Å². The van der Waals surface area contributed by atoms with Crippen molar-refractivity contribution in [2.45, 2.75) is 32.3 Å². The number of likely N-dealkylation sites (tertiary alicyclic amines) is 1. The van der Waals surface area contributed by atoms with Crippen LogP contribution in [0.4, 0.5) is 0 Å². The molecule has 94 valence electrons. The highest BCUT2D eigenvalue weighted by molar-refractivity contribution is 5.77. The molecule has 2 heterocycles. The lowest BCUT2D eigenvalue weighted by molar-refractivity contribution is -0.163. The van der Waals surface area contributed by atoms with Crippen LogP contribution >= 0.6 is 0 Å². The molecule has 0 aliphatic carbocycles. The minimum atomic E-state index is -0.680. The first kappa shape index (κ1) is 12.2. The zero-order chi connectivity index (χ0) is 12.5. The molecule has 0 bridgehead atoms. The summed E-state index contributed by atoms with van der Waals surface area (Å²) in [6.45, 7) is 4.87. The van der Waals surface area contributed by atoms with Gasteiger partial charge in [-0.3, -0.25) is 4.79 Å². The number of aliphatic hydroxyl groups is 1. The topological polar surface area (TPSA) is 53.7 Å². The first-order chi connectivity index (χ1) is 8.01. The van der Waals surface area contributed by atoms with Crippen molar-refractivity contribution in [3.05, 3.63) is 24.2 Å². The Hall–Kier alpha value is -1.29. The molecule has 17 heavy (non-hydrogen) atoms. The number of hydrogen-bond acceptors (Lipinski definition) is 3. The van der Waals surface area contributed by atoms with Gasteiger partial charge in [-0.1, -0.05) is 13.8 Å². The van der Waals surface area contributed by atoms with Gasteiger partial charge in [0, 0.05) is 12.8 Å². The number of β-amino-alcohol motifs (C(OH)–C–C–N with tert-alkyl or cyclic N) is 1. The number of hydrogen-bond donors (Lipinski definition) is 1. The second-order valence-corrected chi connectivity index (χ2v) is 5.09. The third-order valence-corrected chi connectivity index (χ3v) is 3.52. The first-order valence-electron chi connectivity index (χ1n) is 6.04. The standard InChI is InChI=1S/C13H19NO3/c1-10(2)13(16)8-14(9-13)12(15)6-5-11-4-3-7-17-11/h3-4,7,10,16H,5-6,8-9H2,1-2H3. The van der Waals surface area contributed by atoms with Gasteiger partial charge in [0.05, 0.1) is 19.4 Å². The number of nitrogens with zero attached hydrogens (tertiary/aromatic N) is 1. The van der Waals surface area contributed by atoms with Crippen LogP contribution in [0.5, 0.6) is 0 Å². The fraction of sp³-hybridized carbons (Fsp3) is 0.615. The van der Waals surface area contributed by atoms with E-state index in [1.165, 1.54) is 0 Å². The average molecular weight is 237 g/mol. The molecular weight excluding hydrogens is 218 g/mol. The molecule has 1 aromatic heterocycles. The molecular formula is C13H19NO3. The molecule has 0 saturated carbocycles. The van der Waals surface area contributed by atoms with Crippen LogP contribution in [-0.4, -0.2) is 34.6 Å². The summed E-state index contributed by atoms with van der Waals surface area (Å²) >= 11 is 0. The average Bonchev–Trinajstić information content (AvgIpc) is 2.73. The maximum absolute atomic E-state index is 11.8. The van der Waals surface area contributed by atoms with Gasteiger partial charge in [0.15, 0.2) is 0 Å². The summed E-state index contributed by atoms with van der Waals surface area (Å²) in [7, 11) is 0. The summed E-state index contributed by atoms with van der Waals surface area (Å²) in [4.78, 5) is 13.5. The maximum atomic E-state index is 11.8. The van der Waals surface area contributed by atoms with Crippen molar-refractivity contribution in [1.82, 2.24) is 4.90 Å². The molecule has 1 N–H and O–H groups in total. The minimum absolute atomic E-state index is 0.0896. The van der Waals surface area contributed by atoms with Crippen molar-refractivity contribution in [2.24, 2.45) is 5.92 Å². The van der Waals surface area contributed by atoms with Gasteiger partial charge < -0.3 is 14.4 Å². The molecule has 1 aliphatic rings. The van der Waals surface area contributed by atoms with Crippen molar-refractivity contribution in [1.29, 1.82) is 0 Å². The molecule has 1 aliphatic heterocycles. The van der Waals surface area contributed by atoms with Crippen molar-refractivity contribution >= 4 is 5.91 Å². The predicted octanol–water partition coefficient (Wildman–Crippen LogP) is 1.44. The number of carbonyl (C=O) groups is 1. The molecule has 1 fully saturated rings. The molecule has 1 aromatic rings. The van der Waals surface area contributed by atoms with Crippen LogP contribution in [0.25, 0.3) is 0 Å². The van der Waals surface area contributed by atoms with E-state index in [-0.39, 0.29) is 11.8 Å². The molecule has 4 heteroatoms. The SMILES string of the molecule is CC(C)C1(O)CN(C(=O)CCc2ccco2)C1. The van der Waals surface area contributed by atoms with Gasteiger partial charge in [0.25, 0.3) is 0 Å². The largest absolute Gasteiger partial charge is 0.469 e. The lowest BCUT2D eigenvalue weighted by Crippen LogP contribution is -2.65. The maximum Gasteiger partial charge on any atom is 0.223 e. The number of carbonyl (C=O) groups excluding carboxylic acids is 1. The molecule has 2 rings (SSSR count). The van der Waals surface area contributed by atoms with Gasteiger partial charge in [0.2, 0.25) is 5.91 Å². The fourth-order valence-corrected chi connectivity index (χ4v) is 2.00. The Bertz CT molecular complexity index is 377. The van der Waals surface area contributed by atoms with Crippen LogP contribution in [0.1, 0.15) is 26.0 Å². The van der Waals surface area contributed by atoms with E-state index in [0.717, 1.165) is 5.76 Å². The first-order valence-corrected chi connectivity index (χ1v) is 6.04. The second-order valence-electron chi connectivity index (χ2n) is 5.09. The highest BCUT2D eigenvalue weighted by atomic mass is 16.3. The number of rotatable bonds is 4. The third kappa shape index (κ3) is 2.52. The van der Waals surface area contributed by atoms with E-state index >= 15 is 0 Å². The predicted molar refractivity (Wildman–Crippen MR) is 63.4 cm³/mol. The van der Waals surface area contributed by atoms with Gasteiger partial charge in [-0.15, -0.1) is 0 Å². The van der Waals surface area contributed by atoms with E-state index in [4.69, 9.17) is 4.42 Å². The molecule has 1 saturated heterocycles. The summed E-state index contributed by atoms with van der Waals surface area (Å²) in [5, 5.41) is 10.0. The van der Waals surface area contributed by atoms with Gasteiger partial charge in [-0.05, 0) is 18.1 Å². The van der Waals surface area contributed by atoms with Crippen molar-refractivity contribution in [2.75, 3.05) is 13.1 Å². The van der Waals surface area contributed by atoms with E-state index in [1.807, 2.05) is 26.0 Å². The van der Waals surface area contributed by atoms with E-state index in [1.54, 1.807) is 11.2 Å². The van der Waals surface area contributed by atoms with Crippen LogP contribution < -0.4 is 0 Å². The molecule has 0 spiro atoms. The van der Waals surface area contributed by atoms with Gasteiger partial charge in [-0.25, -0.2) is 0 Å². The van der Waals surface area contributed by atoms with E-state index < -0.39 is 5.60 Å². The highest BCUT2D eigenvalue weighted by Crippen LogP contribution is 2.29. The lowest BCUT2D eigenvalue weighted by atomic mass is 9.83. The fourth-order valence-electron chi connectivity index (χ4n) is 2.00. The van der Waals surface area contributed by atoms with Gasteiger partial charge in [-0.2, -0.15) is 0 Å². The summed E-state index contributed by atoms with van der Waals surface area (Å²) in [5.74, 6) is 1.11. The summed E-state index contributed by atoms with van der Waals surface area (Å²) in [6.07, 6.45) is 2.69. The Morgan fingerprint density at radius 2 is 2.29 bits per heavy atom. The summed E-state index contributed by atoms with van der Waals surface area (Å²) in [5.41, 5.74) is -0.680. The van der Waals surface area contributed by atoms with Crippen molar-refractivity contribution in [3.63, 3.8) is 0 Å². The third-order valence-electron chi connectivity index (χ3n) is 3.52. The Morgan fingerprint density at radius 1 is 1.59 bits per heavy atom. The molecule has 0 radical (unpaired) electrons. The Labute approximate surface area is 101 Å². The number of furan rings is 1. The van der Waals surface area contributed by atoms with E-state index in [9.17, 15) is 9.90 Å². The van der Waals surface area contributed by atoms with E-state index in [0.29, 0.717) is 25.9 Å². The van der Waals surface area contributed by atoms with Gasteiger partial charge in [0.1, 0.15) is 11.4 Å². The zero-order valence-electron chi connectivity index (χ0n) is 10.3. The zero-order valence-corrected chi connectivity index (χ0v) is 10.3. The smallest absolute Gasteiger partial charge is 0.223 e. The quantitative estimate of drug-likeness (QED) is 0.862. The second kappa shape index (κ2) is 4.53. The summed E-state index contributed by atoms with van der Waals surface area (Å²) < 4.78 is 5.17. The Morgan fingerprint density at radius 3 is 2.82 bits per heavy atom. The normalized spacial score (nSPS) is 18.2. The number of amides is 1. The van der Waals surface area contributed by atoms with Crippen LogP contribution in [0.2, 0.25) is 0 Å². The van der Waals surface area contributed by atoms with Crippen LogP contribution in [0, 0.1) is 5.92 Å². The van der Waals surface area contributed by atoms with Crippen LogP contribution in [0.3, 0.4) is 0 Å². The molecule has 0 aromatic carbocycles. The van der Waals surface area contributed by atoms with Crippen molar-refractivity contribution < 1.29 is 14.3 Å². The molecule has 0 atom stereocenters. The van der Waals surface area contributed by atoms with Crippen molar-refractivity contribution in [3.8, 4) is 0 Å². The van der Waals surface area contributed by atoms with Crippen LogP contribution in [-0.2, 0) is 11.2 Å². The van der Waals surface area contributed by atoms with E-state index in [2.05, 4.69) is 0 Å². The molecule has 0 unspecified atom stereocenters. The molecule has 1 amide bonds. The number of aryl methyl sites for hydroxylation is 1. The monoisotopic (exact) mass is 237 g/mol. The summed E-state index contributed by atoms with van der Waals surface area (Å²) in [6, 6.07) is 3.69. The highest BCUT2D eigenvalue weighted by Gasteiger charge is 2.45. The molecule has 4 nitrogen and oxygen atoms in total.